The van der Waals surface area contributed by atoms with Crippen molar-refractivity contribution in [3.8, 4) is 5.75 Å². The Balaban J connectivity index is 2.46. The highest BCUT2D eigenvalue weighted by Gasteiger charge is 2.22. The van der Waals surface area contributed by atoms with E-state index in [0.717, 1.165) is 5.56 Å². The van der Waals surface area contributed by atoms with Gasteiger partial charge in [-0.3, -0.25) is 4.72 Å². The highest BCUT2D eigenvalue weighted by atomic mass is 35.5. The predicted molar refractivity (Wildman–Crippen MR) is 87.1 cm³/mol. The molecule has 0 aliphatic rings. The molecule has 0 aliphatic carbocycles. The van der Waals surface area contributed by atoms with Crippen molar-refractivity contribution >= 4 is 27.4 Å². The van der Waals surface area contributed by atoms with Gasteiger partial charge in [0, 0.05) is 10.7 Å². The maximum absolute atomic E-state index is 12.6. The first-order valence-electron chi connectivity index (χ1n) is 6.73. The summed E-state index contributed by atoms with van der Waals surface area (Å²) in [5.41, 5.74) is 1.46. The topological polar surface area (TPSA) is 68.3 Å². The molecule has 1 aromatic heterocycles. The molecule has 0 amide bonds. The van der Waals surface area contributed by atoms with Gasteiger partial charge in [0.15, 0.2) is 0 Å². The third kappa shape index (κ3) is 3.69. The Morgan fingerprint density at radius 3 is 2.64 bits per heavy atom. The summed E-state index contributed by atoms with van der Waals surface area (Å²) >= 11 is 6.06. The minimum absolute atomic E-state index is 0.00624. The number of aromatic nitrogens is 1. The van der Waals surface area contributed by atoms with Gasteiger partial charge in [-0.1, -0.05) is 17.7 Å². The SMILES string of the molecule is CCOc1cc(C)c(Cl)cc1S(=O)(=O)Nc1cccc(C)n1. The van der Waals surface area contributed by atoms with Gasteiger partial charge in [-0.05, 0) is 50.6 Å². The van der Waals surface area contributed by atoms with Crippen LogP contribution in [-0.2, 0) is 10.0 Å². The first-order valence-corrected chi connectivity index (χ1v) is 8.59. The van der Waals surface area contributed by atoms with Gasteiger partial charge >= 0.3 is 0 Å². The fraction of sp³-hybridized carbons (Fsp3) is 0.267. The van der Waals surface area contributed by atoms with Crippen molar-refractivity contribution in [2.75, 3.05) is 11.3 Å². The van der Waals surface area contributed by atoms with E-state index in [2.05, 4.69) is 9.71 Å². The number of ether oxygens (including phenoxy) is 1. The zero-order chi connectivity index (χ0) is 16.3. The largest absolute Gasteiger partial charge is 0.492 e. The molecule has 5 nitrogen and oxygen atoms in total. The number of anilines is 1. The van der Waals surface area contributed by atoms with Crippen LogP contribution in [-0.4, -0.2) is 20.0 Å². The molecule has 0 saturated carbocycles. The number of rotatable bonds is 5. The molecule has 2 aromatic rings. The van der Waals surface area contributed by atoms with Crippen LogP contribution in [0.25, 0.3) is 0 Å². The first kappa shape index (κ1) is 16.6. The molecule has 0 aliphatic heterocycles. The van der Waals surface area contributed by atoms with E-state index in [-0.39, 0.29) is 16.5 Å². The Hall–Kier alpha value is -1.79. The van der Waals surface area contributed by atoms with Crippen LogP contribution in [0.4, 0.5) is 5.82 Å². The molecule has 2 rings (SSSR count). The second kappa shape index (κ2) is 6.54. The maximum atomic E-state index is 12.6. The minimum atomic E-state index is -3.84. The Morgan fingerprint density at radius 2 is 2.00 bits per heavy atom. The van der Waals surface area contributed by atoms with Crippen LogP contribution in [0.3, 0.4) is 0 Å². The van der Waals surface area contributed by atoms with Crippen molar-refractivity contribution in [3.05, 3.63) is 46.6 Å². The normalized spacial score (nSPS) is 11.3. The molecule has 0 spiro atoms. The van der Waals surface area contributed by atoms with Gasteiger partial charge in [-0.25, -0.2) is 13.4 Å². The van der Waals surface area contributed by atoms with Crippen LogP contribution >= 0.6 is 11.6 Å². The zero-order valence-electron chi connectivity index (χ0n) is 12.6. The fourth-order valence-electron chi connectivity index (χ4n) is 1.91. The number of hydrogen-bond donors (Lipinski definition) is 1. The lowest BCUT2D eigenvalue weighted by Crippen LogP contribution is -2.15. The Morgan fingerprint density at radius 1 is 1.27 bits per heavy atom. The molecule has 0 saturated heterocycles. The van der Waals surface area contributed by atoms with Gasteiger partial charge in [0.2, 0.25) is 0 Å². The van der Waals surface area contributed by atoms with Crippen LogP contribution in [0.1, 0.15) is 18.2 Å². The van der Waals surface area contributed by atoms with Crippen LogP contribution in [0.5, 0.6) is 5.75 Å². The number of halogens is 1. The van der Waals surface area contributed by atoms with E-state index in [1.807, 2.05) is 0 Å². The summed E-state index contributed by atoms with van der Waals surface area (Å²) in [6.45, 7) is 5.71. The molecule has 0 atom stereocenters. The summed E-state index contributed by atoms with van der Waals surface area (Å²) in [6, 6.07) is 8.10. The zero-order valence-corrected chi connectivity index (χ0v) is 14.1. The van der Waals surface area contributed by atoms with Crippen molar-refractivity contribution < 1.29 is 13.2 Å². The lowest BCUT2D eigenvalue weighted by molar-refractivity contribution is 0.331. The molecule has 118 valence electrons. The smallest absolute Gasteiger partial charge is 0.266 e. The number of hydrogen-bond acceptors (Lipinski definition) is 4. The van der Waals surface area contributed by atoms with Crippen LogP contribution in [0, 0.1) is 13.8 Å². The standard InChI is InChI=1S/C15H17ClN2O3S/c1-4-21-13-8-10(2)12(16)9-14(13)22(19,20)18-15-7-5-6-11(3)17-15/h5-9H,4H2,1-3H3,(H,17,18). The molecular weight excluding hydrogens is 324 g/mol. The Kier molecular flexibility index (Phi) is 4.93. The lowest BCUT2D eigenvalue weighted by atomic mass is 10.2. The highest BCUT2D eigenvalue weighted by Crippen LogP contribution is 2.31. The van der Waals surface area contributed by atoms with E-state index in [1.54, 1.807) is 45.0 Å². The predicted octanol–water partition coefficient (Wildman–Crippen LogP) is 3.55. The number of nitrogens with one attached hydrogen (secondary N) is 1. The summed E-state index contributed by atoms with van der Waals surface area (Å²) in [5.74, 6) is 0.517. The quantitative estimate of drug-likeness (QED) is 0.903. The average Bonchev–Trinajstić information content (AvgIpc) is 2.42. The van der Waals surface area contributed by atoms with Gasteiger partial charge in [-0.15, -0.1) is 0 Å². The van der Waals surface area contributed by atoms with Gasteiger partial charge < -0.3 is 4.74 Å². The number of aryl methyl sites for hydroxylation is 2. The first-order chi connectivity index (χ1) is 10.3. The van der Waals surface area contributed by atoms with Crippen LogP contribution in [0.2, 0.25) is 5.02 Å². The fourth-order valence-corrected chi connectivity index (χ4v) is 3.29. The number of benzene rings is 1. The second-order valence-corrected chi connectivity index (χ2v) is 6.81. The van der Waals surface area contributed by atoms with E-state index in [0.29, 0.717) is 17.3 Å². The Labute approximate surface area is 135 Å². The third-order valence-corrected chi connectivity index (χ3v) is 4.72. The molecule has 1 heterocycles. The van der Waals surface area contributed by atoms with Crippen molar-refractivity contribution in [2.45, 2.75) is 25.7 Å². The van der Waals surface area contributed by atoms with Crippen molar-refractivity contribution in [2.24, 2.45) is 0 Å². The molecule has 0 unspecified atom stereocenters. The van der Waals surface area contributed by atoms with Gasteiger partial charge in [0.1, 0.15) is 16.5 Å². The van der Waals surface area contributed by atoms with E-state index in [1.165, 1.54) is 6.07 Å². The van der Waals surface area contributed by atoms with Crippen LogP contribution in [0.15, 0.2) is 35.2 Å². The van der Waals surface area contributed by atoms with Crippen LogP contribution < -0.4 is 9.46 Å². The van der Waals surface area contributed by atoms with E-state index in [9.17, 15) is 8.42 Å². The monoisotopic (exact) mass is 340 g/mol. The average molecular weight is 341 g/mol. The Bertz CT molecular complexity index is 791. The lowest BCUT2D eigenvalue weighted by Gasteiger charge is -2.14. The van der Waals surface area contributed by atoms with E-state index >= 15 is 0 Å². The molecule has 1 N–H and O–H groups in total. The second-order valence-electron chi connectivity index (χ2n) is 4.75. The molecule has 0 bridgehead atoms. The number of sulfonamides is 1. The van der Waals surface area contributed by atoms with Gasteiger partial charge in [-0.2, -0.15) is 0 Å². The molecule has 0 fully saturated rings. The summed E-state index contributed by atoms with van der Waals surface area (Å²) in [5, 5.41) is 0.362. The molecule has 1 aromatic carbocycles. The highest BCUT2D eigenvalue weighted by molar-refractivity contribution is 7.92. The van der Waals surface area contributed by atoms with Crippen molar-refractivity contribution in [3.63, 3.8) is 0 Å². The molecule has 7 heteroatoms. The summed E-state index contributed by atoms with van der Waals surface area (Å²) in [7, 11) is -3.84. The van der Waals surface area contributed by atoms with Crippen molar-refractivity contribution in [1.29, 1.82) is 0 Å². The molecule has 0 radical (unpaired) electrons. The van der Waals surface area contributed by atoms with Gasteiger partial charge in [0.05, 0.1) is 6.61 Å². The minimum Gasteiger partial charge on any atom is -0.492 e. The summed E-state index contributed by atoms with van der Waals surface area (Å²) < 4.78 is 33.0. The molecule has 22 heavy (non-hydrogen) atoms. The number of nitrogens with zero attached hydrogens (tertiary/aromatic N) is 1. The van der Waals surface area contributed by atoms with E-state index < -0.39 is 10.0 Å². The van der Waals surface area contributed by atoms with E-state index in [4.69, 9.17) is 16.3 Å². The number of pyridine rings is 1. The summed E-state index contributed by atoms with van der Waals surface area (Å²) in [6.07, 6.45) is 0. The summed E-state index contributed by atoms with van der Waals surface area (Å²) in [4.78, 5) is 4.13. The third-order valence-electron chi connectivity index (χ3n) is 2.94. The molecular formula is C15H17ClN2O3S. The maximum Gasteiger partial charge on any atom is 0.266 e. The van der Waals surface area contributed by atoms with Crippen molar-refractivity contribution in [1.82, 2.24) is 4.98 Å². The van der Waals surface area contributed by atoms with Gasteiger partial charge in [0.25, 0.3) is 10.0 Å².